The summed E-state index contributed by atoms with van der Waals surface area (Å²) in [4.78, 5) is 13.7. The lowest BCUT2D eigenvalue weighted by Gasteiger charge is -2.35. The van der Waals surface area contributed by atoms with E-state index in [1.165, 1.54) is 4.31 Å². The minimum atomic E-state index is -4.11. The largest absolute Gasteiger partial charge is 0.338 e. The van der Waals surface area contributed by atoms with Crippen LogP contribution in [0.4, 0.5) is 8.78 Å². The minimum absolute atomic E-state index is 0.0228. The number of fused-ring (bicyclic) bond motifs is 4. The molecule has 3 fully saturated rings. The van der Waals surface area contributed by atoms with Crippen LogP contribution in [0.3, 0.4) is 0 Å². The molecular formula is C16H20F2N2O3S. The molecule has 0 N–H and O–H groups in total. The second-order valence-corrected chi connectivity index (χ2v) is 8.26. The van der Waals surface area contributed by atoms with Crippen molar-refractivity contribution in [2.75, 3.05) is 19.6 Å². The number of benzene rings is 1. The van der Waals surface area contributed by atoms with Crippen molar-refractivity contribution in [2.24, 2.45) is 5.92 Å². The SMILES string of the molecule is CCCN1C(=O)C2CCC1CN(S(=O)(=O)c1ccc(F)cc1F)C2. The van der Waals surface area contributed by atoms with Crippen molar-refractivity contribution < 1.29 is 22.0 Å². The Balaban J connectivity index is 1.94. The molecule has 0 aliphatic carbocycles. The fraction of sp³-hybridized carbons (Fsp3) is 0.562. The average molecular weight is 358 g/mol. The Labute approximate surface area is 140 Å². The lowest BCUT2D eigenvalue weighted by Crippen LogP contribution is -2.48. The Morgan fingerprint density at radius 2 is 1.96 bits per heavy atom. The number of hydrogen-bond acceptors (Lipinski definition) is 3. The predicted molar refractivity (Wildman–Crippen MR) is 83.6 cm³/mol. The fourth-order valence-electron chi connectivity index (χ4n) is 3.56. The third-order valence-electron chi connectivity index (χ3n) is 4.74. The number of rotatable bonds is 4. The maximum atomic E-state index is 14.0. The van der Waals surface area contributed by atoms with Gasteiger partial charge in [-0.15, -0.1) is 0 Å². The van der Waals surface area contributed by atoms with Gasteiger partial charge in [-0.25, -0.2) is 17.2 Å². The lowest BCUT2D eigenvalue weighted by molar-refractivity contribution is -0.139. The summed E-state index contributed by atoms with van der Waals surface area (Å²) in [5.41, 5.74) is 0. The van der Waals surface area contributed by atoms with E-state index in [1.807, 2.05) is 6.92 Å². The number of carbonyl (C=O) groups is 1. The summed E-state index contributed by atoms with van der Waals surface area (Å²) >= 11 is 0. The first-order chi connectivity index (χ1) is 11.3. The van der Waals surface area contributed by atoms with Crippen LogP contribution in [0, 0.1) is 17.6 Å². The first-order valence-corrected chi connectivity index (χ1v) is 9.54. The van der Waals surface area contributed by atoms with E-state index in [4.69, 9.17) is 0 Å². The van der Waals surface area contributed by atoms with Gasteiger partial charge in [0.15, 0.2) is 0 Å². The molecule has 3 aliphatic heterocycles. The highest BCUT2D eigenvalue weighted by molar-refractivity contribution is 7.89. The van der Waals surface area contributed by atoms with Crippen molar-refractivity contribution in [3.05, 3.63) is 29.8 Å². The van der Waals surface area contributed by atoms with Crippen LogP contribution in [-0.4, -0.2) is 49.2 Å². The van der Waals surface area contributed by atoms with Gasteiger partial charge in [-0.3, -0.25) is 4.79 Å². The molecule has 4 rings (SSSR count). The Morgan fingerprint density at radius 1 is 1.21 bits per heavy atom. The highest BCUT2D eigenvalue weighted by atomic mass is 32.2. The van der Waals surface area contributed by atoms with Crippen LogP contribution in [0.5, 0.6) is 0 Å². The molecule has 2 bridgehead atoms. The van der Waals surface area contributed by atoms with Crippen molar-refractivity contribution >= 4 is 15.9 Å². The second kappa shape index (κ2) is 6.40. The fourth-order valence-corrected chi connectivity index (χ4v) is 5.12. The number of amides is 1. The first-order valence-electron chi connectivity index (χ1n) is 8.10. The van der Waals surface area contributed by atoms with E-state index >= 15 is 0 Å². The zero-order chi connectivity index (χ0) is 17.5. The van der Waals surface area contributed by atoms with E-state index in [1.54, 1.807) is 4.90 Å². The van der Waals surface area contributed by atoms with E-state index in [2.05, 4.69) is 0 Å². The standard InChI is InChI=1S/C16H20F2N2O3S/c1-2-7-20-13-5-3-11(16(20)21)9-19(10-13)24(22,23)15-6-4-12(17)8-14(15)18/h4,6,8,11,13H,2-3,5,7,9-10H2,1H3. The third-order valence-corrected chi connectivity index (χ3v) is 6.60. The second-order valence-electron chi connectivity index (χ2n) is 6.36. The van der Waals surface area contributed by atoms with Crippen molar-refractivity contribution in [2.45, 2.75) is 37.1 Å². The average Bonchev–Trinajstić information content (AvgIpc) is 2.81. The van der Waals surface area contributed by atoms with Crippen molar-refractivity contribution in [1.29, 1.82) is 0 Å². The Hall–Kier alpha value is -1.54. The number of halogens is 2. The van der Waals surface area contributed by atoms with E-state index < -0.39 is 32.5 Å². The zero-order valence-corrected chi connectivity index (χ0v) is 14.2. The van der Waals surface area contributed by atoms with Gasteiger partial charge in [0, 0.05) is 31.7 Å². The molecule has 1 aromatic carbocycles. The summed E-state index contributed by atoms with van der Waals surface area (Å²) in [6.45, 7) is 2.77. The maximum Gasteiger partial charge on any atom is 0.246 e. The zero-order valence-electron chi connectivity index (χ0n) is 13.4. The van der Waals surface area contributed by atoms with Gasteiger partial charge in [-0.05, 0) is 31.4 Å². The summed E-state index contributed by atoms with van der Waals surface area (Å²) < 4.78 is 53.8. The summed E-state index contributed by atoms with van der Waals surface area (Å²) in [6.07, 6.45) is 2.18. The molecule has 0 spiro atoms. The van der Waals surface area contributed by atoms with E-state index in [0.29, 0.717) is 19.0 Å². The molecule has 8 heteroatoms. The molecule has 0 saturated carbocycles. The van der Waals surface area contributed by atoms with Crippen LogP contribution in [0.25, 0.3) is 0 Å². The van der Waals surface area contributed by atoms with Gasteiger partial charge in [0.2, 0.25) is 15.9 Å². The van der Waals surface area contributed by atoms with E-state index in [-0.39, 0.29) is 25.0 Å². The minimum Gasteiger partial charge on any atom is -0.338 e. The third kappa shape index (κ3) is 2.93. The number of nitrogens with zero attached hydrogens (tertiary/aromatic N) is 2. The van der Waals surface area contributed by atoms with Crippen LogP contribution in [0.15, 0.2) is 23.1 Å². The van der Waals surface area contributed by atoms with Crippen molar-refractivity contribution in [3.8, 4) is 0 Å². The molecule has 24 heavy (non-hydrogen) atoms. The van der Waals surface area contributed by atoms with Gasteiger partial charge in [0.05, 0.1) is 5.92 Å². The molecular weight excluding hydrogens is 338 g/mol. The van der Waals surface area contributed by atoms with Gasteiger partial charge in [-0.2, -0.15) is 4.31 Å². The van der Waals surface area contributed by atoms with Crippen LogP contribution < -0.4 is 0 Å². The smallest absolute Gasteiger partial charge is 0.246 e. The topological polar surface area (TPSA) is 57.7 Å². The quantitative estimate of drug-likeness (QED) is 0.827. The maximum absolute atomic E-state index is 14.0. The molecule has 3 aliphatic rings. The molecule has 2 atom stereocenters. The first kappa shape index (κ1) is 17.3. The molecule has 0 radical (unpaired) electrons. The van der Waals surface area contributed by atoms with Gasteiger partial charge in [0.1, 0.15) is 16.5 Å². The molecule has 1 aromatic rings. The van der Waals surface area contributed by atoms with Crippen LogP contribution in [-0.2, 0) is 14.8 Å². The molecule has 132 valence electrons. The summed E-state index contributed by atoms with van der Waals surface area (Å²) in [5, 5.41) is 0. The Morgan fingerprint density at radius 3 is 2.62 bits per heavy atom. The van der Waals surface area contributed by atoms with Gasteiger partial charge >= 0.3 is 0 Å². The highest BCUT2D eigenvalue weighted by Crippen LogP contribution is 2.32. The van der Waals surface area contributed by atoms with Gasteiger partial charge in [0.25, 0.3) is 0 Å². The van der Waals surface area contributed by atoms with E-state index in [9.17, 15) is 22.0 Å². The number of sulfonamides is 1. The lowest BCUT2D eigenvalue weighted by atomic mass is 9.94. The normalized spacial score (nSPS) is 25.1. The Kier molecular flexibility index (Phi) is 4.61. The van der Waals surface area contributed by atoms with Gasteiger partial charge in [-0.1, -0.05) is 6.92 Å². The summed E-state index contributed by atoms with van der Waals surface area (Å²) in [7, 11) is -4.11. The number of carbonyl (C=O) groups excluding carboxylic acids is 1. The predicted octanol–water partition coefficient (Wildman–Crippen LogP) is 1.99. The van der Waals surface area contributed by atoms with Crippen molar-refractivity contribution in [1.82, 2.24) is 9.21 Å². The van der Waals surface area contributed by atoms with Crippen LogP contribution in [0.1, 0.15) is 26.2 Å². The number of hydrogen-bond donors (Lipinski definition) is 0. The van der Waals surface area contributed by atoms with E-state index in [0.717, 1.165) is 25.0 Å². The molecule has 0 aromatic heterocycles. The van der Waals surface area contributed by atoms with Crippen molar-refractivity contribution in [3.63, 3.8) is 0 Å². The summed E-state index contributed by atoms with van der Waals surface area (Å²) in [5.74, 6) is -2.35. The number of piperidine rings is 1. The highest BCUT2D eigenvalue weighted by Gasteiger charge is 2.44. The monoisotopic (exact) mass is 358 g/mol. The summed E-state index contributed by atoms with van der Waals surface area (Å²) in [6, 6.07) is 2.25. The molecule has 3 heterocycles. The van der Waals surface area contributed by atoms with Crippen LogP contribution >= 0.6 is 0 Å². The molecule has 1 amide bonds. The van der Waals surface area contributed by atoms with Gasteiger partial charge < -0.3 is 4.90 Å². The molecule has 3 saturated heterocycles. The molecule has 5 nitrogen and oxygen atoms in total. The van der Waals surface area contributed by atoms with Crippen LogP contribution in [0.2, 0.25) is 0 Å². The Bertz CT molecular complexity index is 754. The molecule has 2 unspecified atom stereocenters.